The van der Waals surface area contributed by atoms with E-state index in [-0.39, 0.29) is 11.6 Å². The first-order valence-electron chi connectivity index (χ1n) is 5.90. The van der Waals surface area contributed by atoms with Gasteiger partial charge in [-0.05, 0) is 46.6 Å². The highest BCUT2D eigenvalue weighted by Gasteiger charge is 2.16. The highest BCUT2D eigenvalue weighted by molar-refractivity contribution is 9.10. The van der Waals surface area contributed by atoms with E-state index in [1.165, 1.54) is 0 Å². The number of phenolic OH excluding ortho intramolecular Hbond substituents is 1. The summed E-state index contributed by atoms with van der Waals surface area (Å²) in [6.07, 6.45) is 1.65. The summed E-state index contributed by atoms with van der Waals surface area (Å²) >= 11 is 3.39. The Morgan fingerprint density at radius 3 is 2.85 bits per heavy atom. The van der Waals surface area contributed by atoms with E-state index in [4.69, 9.17) is 4.52 Å². The third-order valence-corrected chi connectivity index (χ3v) is 3.50. The van der Waals surface area contributed by atoms with E-state index in [0.29, 0.717) is 17.1 Å². The zero-order valence-electron chi connectivity index (χ0n) is 10.5. The molecule has 2 heterocycles. The Morgan fingerprint density at radius 1 is 1.20 bits per heavy atom. The topological polar surface area (TPSA) is 72.0 Å². The second-order valence-corrected chi connectivity index (χ2v) is 5.08. The van der Waals surface area contributed by atoms with Crippen LogP contribution in [0.2, 0.25) is 0 Å². The van der Waals surface area contributed by atoms with Crippen LogP contribution in [0.5, 0.6) is 5.75 Å². The van der Waals surface area contributed by atoms with Gasteiger partial charge >= 0.3 is 0 Å². The number of aryl methyl sites for hydroxylation is 1. The molecule has 20 heavy (non-hydrogen) atoms. The number of hydrogen-bond acceptors (Lipinski definition) is 5. The first-order chi connectivity index (χ1) is 9.66. The van der Waals surface area contributed by atoms with Crippen molar-refractivity contribution in [2.24, 2.45) is 0 Å². The van der Waals surface area contributed by atoms with Crippen LogP contribution in [0.25, 0.3) is 23.0 Å². The molecule has 0 bridgehead atoms. The summed E-state index contributed by atoms with van der Waals surface area (Å²) in [5.74, 6) is 0.773. The molecule has 0 aliphatic carbocycles. The number of phenols is 1. The number of halogens is 1. The molecule has 1 N–H and O–H groups in total. The molecular weight excluding hydrogens is 322 g/mol. The van der Waals surface area contributed by atoms with Gasteiger partial charge < -0.3 is 9.63 Å². The van der Waals surface area contributed by atoms with E-state index in [1.54, 1.807) is 18.3 Å². The molecule has 3 aromatic rings. The maximum absolute atomic E-state index is 10.0. The number of benzene rings is 1. The molecule has 0 radical (unpaired) electrons. The summed E-state index contributed by atoms with van der Waals surface area (Å²) in [7, 11) is 0. The van der Waals surface area contributed by atoms with Crippen molar-refractivity contribution in [3.05, 3.63) is 46.6 Å². The number of para-hydroxylation sites is 1. The van der Waals surface area contributed by atoms with Crippen LogP contribution in [-0.4, -0.2) is 20.2 Å². The Morgan fingerprint density at radius 2 is 2.05 bits per heavy atom. The maximum Gasteiger partial charge on any atom is 0.262 e. The van der Waals surface area contributed by atoms with E-state index < -0.39 is 0 Å². The Bertz CT molecular complexity index is 771. The quantitative estimate of drug-likeness (QED) is 0.777. The molecule has 5 nitrogen and oxygen atoms in total. The van der Waals surface area contributed by atoms with Gasteiger partial charge in [-0.15, -0.1) is 0 Å². The Labute approximate surface area is 123 Å². The van der Waals surface area contributed by atoms with Crippen molar-refractivity contribution in [2.45, 2.75) is 6.92 Å². The molecule has 0 spiro atoms. The Hall–Kier alpha value is -2.21. The number of hydrogen-bond donors (Lipinski definition) is 1. The Balaban J connectivity index is 2.07. The molecule has 0 unspecified atom stereocenters. The molecule has 0 saturated heterocycles. The lowest BCUT2D eigenvalue weighted by molar-refractivity contribution is 0.425. The van der Waals surface area contributed by atoms with Gasteiger partial charge in [-0.1, -0.05) is 17.3 Å². The second kappa shape index (κ2) is 5.05. The highest BCUT2D eigenvalue weighted by Crippen LogP contribution is 2.32. The Kier molecular flexibility index (Phi) is 3.23. The molecule has 0 saturated carbocycles. The zero-order chi connectivity index (χ0) is 14.1. The fourth-order valence-corrected chi connectivity index (χ4v) is 2.24. The summed E-state index contributed by atoms with van der Waals surface area (Å²) in [5, 5.41) is 13.9. The minimum atomic E-state index is 0.141. The normalized spacial score (nSPS) is 10.7. The van der Waals surface area contributed by atoms with Crippen molar-refractivity contribution in [1.29, 1.82) is 0 Å². The third-order valence-electron chi connectivity index (χ3n) is 2.86. The lowest BCUT2D eigenvalue weighted by Crippen LogP contribution is -1.87. The molecule has 3 rings (SSSR count). The molecule has 1 aromatic carbocycles. The van der Waals surface area contributed by atoms with Crippen molar-refractivity contribution in [2.75, 3.05) is 0 Å². The van der Waals surface area contributed by atoms with Gasteiger partial charge in [0, 0.05) is 10.7 Å². The zero-order valence-corrected chi connectivity index (χ0v) is 12.1. The van der Waals surface area contributed by atoms with E-state index in [0.717, 1.165) is 10.0 Å². The second-order valence-electron chi connectivity index (χ2n) is 4.23. The van der Waals surface area contributed by atoms with Gasteiger partial charge in [-0.3, -0.25) is 4.98 Å². The van der Waals surface area contributed by atoms with Crippen LogP contribution in [0.4, 0.5) is 0 Å². The number of pyridine rings is 1. The molecule has 0 fully saturated rings. The van der Waals surface area contributed by atoms with E-state index in [9.17, 15) is 5.11 Å². The number of aromatic nitrogens is 3. The summed E-state index contributed by atoms with van der Waals surface area (Å²) in [6.45, 7) is 1.81. The summed E-state index contributed by atoms with van der Waals surface area (Å²) < 4.78 is 5.99. The van der Waals surface area contributed by atoms with Crippen LogP contribution >= 0.6 is 15.9 Å². The van der Waals surface area contributed by atoms with Gasteiger partial charge in [0.25, 0.3) is 5.89 Å². The van der Waals surface area contributed by atoms with Crippen molar-refractivity contribution in [1.82, 2.24) is 15.1 Å². The predicted molar refractivity (Wildman–Crippen MR) is 77.1 cm³/mol. The van der Waals surface area contributed by atoms with Crippen LogP contribution in [0, 0.1) is 6.92 Å². The average Bonchev–Trinajstić information content (AvgIpc) is 2.92. The van der Waals surface area contributed by atoms with Gasteiger partial charge in [0.2, 0.25) is 5.82 Å². The van der Waals surface area contributed by atoms with Gasteiger partial charge in [-0.2, -0.15) is 4.98 Å². The first-order valence-corrected chi connectivity index (χ1v) is 6.69. The molecule has 2 aromatic heterocycles. The van der Waals surface area contributed by atoms with Gasteiger partial charge in [0.05, 0.1) is 5.56 Å². The predicted octanol–water partition coefficient (Wildman–Crippen LogP) is 3.58. The average molecular weight is 332 g/mol. The molecular formula is C14H10BrN3O2. The van der Waals surface area contributed by atoms with E-state index >= 15 is 0 Å². The monoisotopic (exact) mass is 331 g/mol. The molecule has 0 aliphatic rings. The fraction of sp³-hybridized carbons (Fsp3) is 0.0714. The lowest BCUT2D eigenvalue weighted by atomic mass is 10.1. The van der Waals surface area contributed by atoms with Gasteiger partial charge in [-0.25, -0.2) is 0 Å². The highest BCUT2D eigenvalue weighted by atomic mass is 79.9. The van der Waals surface area contributed by atoms with Crippen LogP contribution in [-0.2, 0) is 0 Å². The van der Waals surface area contributed by atoms with E-state index in [2.05, 4.69) is 31.1 Å². The smallest absolute Gasteiger partial charge is 0.262 e. The van der Waals surface area contributed by atoms with Crippen molar-refractivity contribution in [3.63, 3.8) is 0 Å². The van der Waals surface area contributed by atoms with Crippen LogP contribution < -0.4 is 0 Å². The lowest BCUT2D eigenvalue weighted by Gasteiger charge is -2.01. The number of rotatable bonds is 2. The summed E-state index contributed by atoms with van der Waals surface area (Å²) in [5.41, 5.74) is 1.85. The SMILES string of the molecule is Cc1cccc(-c2nc(-c3ncccc3Br)no2)c1O. The van der Waals surface area contributed by atoms with Crippen LogP contribution in [0.15, 0.2) is 45.5 Å². The van der Waals surface area contributed by atoms with Crippen molar-refractivity contribution in [3.8, 4) is 28.7 Å². The number of aromatic hydroxyl groups is 1. The van der Waals surface area contributed by atoms with Gasteiger partial charge in [0.15, 0.2) is 0 Å². The van der Waals surface area contributed by atoms with Crippen molar-refractivity contribution < 1.29 is 9.63 Å². The van der Waals surface area contributed by atoms with Crippen molar-refractivity contribution >= 4 is 15.9 Å². The van der Waals surface area contributed by atoms with E-state index in [1.807, 2.05) is 25.1 Å². The molecule has 0 aliphatic heterocycles. The van der Waals surface area contributed by atoms with Gasteiger partial charge in [0.1, 0.15) is 11.4 Å². The summed E-state index contributed by atoms with van der Waals surface area (Å²) in [6, 6.07) is 9.02. The minimum Gasteiger partial charge on any atom is -0.507 e. The standard InChI is InChI=1S/C14H10BrN3O2/c1-8-4-2-5-9(12(8)19)14-17-13(18-20-14)11-10(15)6-3-7-16-11/h2-7,19H,1H3. The third kappa shape index (κ3) is 2.18. The molecule has 6 heteroatoms. The summed E-state index contributed by atoms with van der Waals surface area (Å²) in [4.78, 5) is 8.48. The molecule has 100 valence electrons. The number of nitrogens with zero attached hydrogens (tertiary/aromatic N) is 3. The van der Waals surface area contributed by atoms with Crippen LogP contribution in [0.3, 0.4) is 0 Å². The minimum absolute atomic E-state index is 0.141. The fourth-order valence-electron chi connectivity index (χ4n) is 1.81. The van der Waals surface area contributed by atoms with Crippen LogP contribution in [0.1, 0.15) is 5.56 Å². The first kappa shape index (κ1) is 12.8. The maximum atomic E-state index is 10.0. The molecule has 0 amide bonds. The largest absolute Gasteiger partial charge is 0.507 e. The molecule has 0 atom stereocenters.